The highest BCUT2D eigenvalue weighted by molar-refractivity contribution is 5.26. The minimum absolute atomic E-state index is 0.298. The van der Waals surface area contributed by atoms with Crippen LogP contribution < -0.4 is 5.73 Å². The summed E-state index contributed by atoms with van der Waals surface area (Å²) in [6.45, 7) is 0. The maximum absolute atomic E-state index is 13.4. The number of rotatable bonds is 2. The predicted octanol–water partition coefficient (Wildman–Crippen LogP) is 1.61. The molecular formula is C11H12FN3. The number of nitrogens with zero attached hydrogens (tertiary/aromatic N) is 2. The SMILES string of the molecule is Cn1ccnc1[C@H](N)c1ccccc1F. The molecule has 0 aliphatic heterocycles. The van der Waals surface area contributed by atoms with Crippen LogP contribution >= 0.6 is 0 Å². The number of hydrogen-bond acceptors (Lipinski definition) is 2. The van der Waals surface area contributed by atoms with Crippen LogP contribution in [-0.2, 0) is 7.05 Å². The van der Waals surface area contributed by atoms with Crippen molar-refractivity contribution in [3.63, 3.8) is 0 Å². The molecule has 3 nitrogen and oxygen atoms in total. The molecule has 0 saturated heterocycles. The molecule has 0 bridgehead atoms. The van der Waals surface area contributed by atoms with Crippen molar-refractivity contribution in [1.29, 1.82) is 0 Å². The van der Waals surface area contributed by atoms with Crippen molar-refractivity contribution < 1.29 is 4.39 Å². The first kappa shape index (κ1) is 9.86. The molecule has 4 heteroatoms. The van der Waals surface area contributed by atoms with Crippen LogP contribution in [0.25, 0.3) is 0 Å². The molecule has 0 aliphatic rings. The lowest BCUT2D eigenvalue weighted by Crippen LogP contribution is -2.17. The Labute approximate surface area is 87.4 Å². The largest absolute Gasteiger partial charge is 0.336 e. The summed E-state index contributed by atoms with van der Waals surface area (Å²) in [6.07, 6.45) is 3.44. The van der Waals surface area contributed by atoms with E-state index in [4.69, 9.17) is 5.73 Å². The van der Waals surface area contributed by atoms with E-state index >= 15 is 0 Å². The topological polar surface area (TPSA) is 43.8 Å². The maximum Gasteiger partial charge on any atom is 0.130 e. The Morgan fingerprint density at radius 1 is 1.40 bits per heavy atom. The first-order chi connectivity index (χ1) is 7.20. The lowest BCUT2D eigenvalue weighted by Gasteiger charge is -2.12. The smallest absolute Gasteiger partial charge is 0.130 e. The van der Waals surface area contributed by atoms with Crippen molar-refractivity contribution in [3.05, 3.63) is 53.9 Å². The zero-order valence-corrected chi connectivity index (χ0v) is 8.39. The highest BCUT2D eigenvalue weighted by Gasteiger charge is 2.16. The molecule has 15 heavy (non-hydrogen) atoms. The van der Waals surface area contributed by atoms with Crippen LogP contribution in [0.5, 0.6) is 0 Å². The predicted molar refractivity (Wildman–Crippen MR) is 55.6 cm³/mol. The van der Waals surface area contributed by atoms with Crippen LogP contribution in [0, 0.1) is 5.82 Å². The average molecular weight is 205 g/mol. The minimum Gasteiger partial charge on any atom is -0.336 e. The van der Waals surface area contributed by atoms with Gasteiger partial charge in [-0.3, -0.25) is 0 Å². The summed E-state index contributed by atoms with van der Waals surface area (Å²) in [7, 11) is 1.84. The Balaban J connectivity index is 2.41. The molecule has 1 heterocycles. The molecule has 0 saturated carbocycles. The summed E-state index contributed by atoms with van der Waals surface area (Å²) in [5.41, 5.74) is 6.40. The zero-order valence-electron chi connectivity index (χ0n) is 8.39. The van der Waals surface area contributed by atoms with Crippen LogP contribution in [0.15, 0.2) is 36.7 Å². The number of aryl methyl sites for hydroxylation is 1. The van der Waals surface area contributed by atoms with E-state index < -0.39 is 6.04 Å². The van der Waals surface area contributed by atoms with Crippen LogP contribution in [0.2, 0.25) is 0 Å². The monoisotopic (exact) mass is 205 g/mol. The molecule has 0 unspecified atom stereocenters. The fourth-order valence-corrected chi connectivity index (χ4v) is 1.54. The van der Waals surface area contributed by atoms with E-state index in [1.807, 2.05) is 7.05 Å². The highest BCUT2D eigenvalue weighted by atomic mass is 19.1. The molecular weight excluding hydrogens is 193 g/mol. The van der Waals surface area contributed by atoms with Gasteiger partial charge in [-0.25, -0.2) is 9.37 Å². The number of imidazole rings is 1. The van der Waals surface area contributed by atoms with Crippen molar-refractivity contribution in [3.8, 4) is 0 Å². The fraction of sp³-hybridized carbons (Fsp3) is 0.182. The average Bonchev–Trinajstić information content (AvgIpc) is 2.64. The van der Waals surface area contributed by atoms with Crippen molar-refractivity contribution in [1.82, 2.24) is 9.55 Å². The van der Waals surface area contributed by atoms with Gasteiger partial charge in [0, 0.05) is 25.0 Å². The van der Waals surface area contributed by atoms with Gasteiger partial charge in [-0.15, -0.1) is 0 Å². The van der Waals surface area contributed by atoms with E-state index in [0.29, 0.717) is 11.4 Å². The second-order valence-corrected chi connectivity index (χ2v) is 3.40. The summed E-state index contributed by atoms with van der Waals surface area (Å²) in [4.78, 5) is 4.10. The Morgan fingerprint density at radius 2 is 2.13 bits per heavy atom. The standard InChI is InChI=1S/C11H12FN3/c1-15-7-6-14-11(15)10(13)8-4-2-3-5-9(8)12/h2-7,10H,13H2,1H3/t10-/m1/s1. The van der Waals surface area contributed by atoms with Gasteiger partial charge in [0.1, 0.15) is 11.6 Å². The summed E-state index contributed by atoms with van der Waals surface area (Å²) < 4.78 is 15.2. The van der Waals surface area contributed by atoms with Crippen molar-refractivity contribution in [2.24, 2.45) is 12.8 Å². The van der Waals surface area contributed by atoms with E-state index in [-0.39, 0.29) is 5.82 Å². The molecule has 0 aliphatic carbocycles. The zero-order chi connectivity index (χ0) is 10.8. The first-order valence-corrected chi connectivity index (χ1v) is 4.67. The van der Waals surface area contributed by atoms with E-state index in [2.05, 4.69) is 4.98 Å². The summed E-state index contributed by atoms with van der Waals surface area (Å²) in [6, 6.07) is 5.96. The highest BCUT2D eigenvalue weighted by Crippen LogP contribution is 2.19. The van der Waals surface area contributed by atoms with Gasteiger partial charge in [-0.2, -0.15) is 0 Å². The van der Waals surface area contributed by atoms with E-state index in [0.717, 1.165) is 0 Å². The molecule has 0 fully saturated rings. The fourth-order valence-electron chi connectivity index (χ4n) is 1.54. The molecule has 2 N–H and O–H groups in total. The summed E-state index contributed by atoms with van der Waals surface area (Å²) in [5.74, 6) is 0.355. The van der Waals surface area contributed by atoms with Gasteiger partial charge in [0.15, 0.2) is 0 Å². The van der Waals surface area contributed by atoms with Crippen LogP contribution in [-0.4, -0.2) is 9.55 Å². The van der Waals surface area contributed by atoms with Gasteiger partial charge >= 0.3 is 0 Å². The van der Waals surface area contributed by atoms with Crippen molar-refractivity contribution in [2.75, 3.05) is 0 Å². The lowest BCUT2D eigenvalue weighted by molar-refractivity contribution is 0.588. The van der Waals surface area contributed by atoms with E-state index in [1.54, 1.807) is 35.2 Å². The Morgan fingerprint density at radius 3 is 2.73 bits per heavy atom. The third kappa shape index (κ3) is 1.76. The van der Waals surface area contributed by atoms with Gasteiger partial charge < -0.3 is 10.3 Å². The van der Waals surface area contributed by atoms with E-state index in [1.165, 1.54) is 6.07 Å². The summed E-state index contributed by atoms with van der Waals surface area (Å²) >= 11 is 0. The van der Waals surface area contributed by atoms with Crippen molar-refractivity contribution in [2.45, 2.75) is 6.04 Å². The molecule has 2 rings (SSSR count). The number of aromatic nitrogens is 2. The van der Waals surface area contributed by atoms with Gasteiger partial charge in [-0.1, -0.05) is 18.2 Å². The van der Waals surface area contributed by atoms with Gasteiger partial charge in [0.05, 0.1) is 6.04 Å². The summed E-state index contributed by atoms with van der Waals surface area (Å²) in [5, 5.41) is 0. The first-order valence-electron chi connectivity index (χ1n) is 4.67. The molecule has 0 amide bonds. The number of benzene rings is 1. The third-order valence-corrected chi connectivity index (χ3v) is 2.38. The Kier molecular flexibility index (Phi) is 2.51. The quantitative estimate of drug-likeness (QED) is 0.809. The van der Waals surface area contributed by atoms with E-state index in [9.17, 15) is 4.39 Å². The maximum atomic E-state index is 13.4. The lowest BCUT2D eigenvalue weighted by atomic mass is 10.1. The van der Waals surface area contributed by atoms with Crippen LogP contribution in [0.3, 0.4) is 0 Å². The van der Waals surface area contributed by atoms with Gasteiger partial charge in [0.25, 0.3) is 0 Å². The third-order valence-electron chi connectivity index (χ3n) is 2.38. The second kappa shape index (κ2) is 3.82. The van der Waals surface area contributed by atoms with Gasteiger partial charge in [-0.05, 0) is 6.07 Å². The molecule has 0 radical (unpaired) electrons. The van der Waals surface area contributed by atoms with Crippen molar-refractivity contribution >= 4 is 0 Å². The van der Waals surface area contributed by atoms with Gasteiger partial charge in [0.2, 0.25) is 0 Å². The number of hydrogen-bond donors (Lipinski definition) is 1. The second-order valence-electron chi connectivity index (χ2n) is 3.40. The van der Waals surface area contributed by atoms with Crippen LogP contribution in [0.4, 0.5) is 4.39 Å². The van der Waals surface area contributed by atoms with Crippen LogP contribution in [0.1, 0.15) is 17.4 Å². The normalized spacial score (nSPS) is 12.7. The Hall–Kier alpha value is -1.68. The molecule has 78 valence electrons. The minimum atomic E-state index is -0.522. The molecule has 2 aromatic rings. The molecule has 0 spiro atoms. The Bertz CT molecular complexity index is 464. The number of nitrogens with two attached hydrogens (primary N) is 1. The molecule has 1 aromatic heterocycles. The molecule has 1 atom stereocenters. The number of halogens is 1. The molecule has 1 aromatic carbocycles.